The molecule has 23 heavy (non-hydrogen) atoms. The number of amides is 1. The molecule has 0 saturated carbocycles. The highest BCUT2D eigenvalue weighted by atomic mass is 32.2. The van der Waals surface area contributed by atoms with Crippen LogP contribution in [0.3, 0.4) is 0 Å². The van der Waals surface area contributed by atoms with Gasteiger partial charge in [0.1, 0.15) is 0 Å². The van der Waals surface area contributed by atoms with Crippen LogP contribution in [0, 0.1) is 12.8 Å². The number of ether oxygens (including phenoxy) is 1. The molecule has 0 radical (unpaired) electrons. The summed E-state index contributed by atoms with van der Waals surface area (Å²) in [5.41, 5.74) is 1.24. The van der Waals surface area contributed by atoms with Gasteiger partial charge in [-0.25, -0.2) is 0 Å². The van der Waals surface area contributed by atoms with Gasteiger partial charge in [-0.15, -0.1) is 11.8 Å². The second-order valence-corrected chi connectivity index (χ2v) is 7.60. The van der Waals surface area contributed by atoms with Crippen LogP contribution < -0.4 is 5.32 Å². The average molecular weight is 337 g/mol. The molecule has 1 N–H and O–H groups in total. The largest absolute Gasteiger partial charge is 0.374 e. The number of thioether (sulfide) groups is 1. The number of carbonyl (C=O) groups is 1. The predicted molar refractivity (Wildman–Crippen MR) is 95.9 cm³/mol. The molecule has 5 heteroatoms. The molecule has 0 bridgehead atoms. The minimum absolute atomic E-state index is 0.0696. The topological polar surface area (TPSA) is 41.6 Å². The Bertz CT molecular complexity index is 490. The first kappa shape index (κ1) is 18.3. The van der Waals surface area contributed by atoms with E-state index in [0.29, 0.717) is 18.2 Å². The van der Waals surface area contributed by atoms with Crippen LogP contribution in [-0.4, -0.2) is 55.4 Å². The molecular formula is C18H28N2O2S. The zero-order valence-corrected chi connectivity index (χ0v) is 15.2. The lowest BCUT2D eigenvalue weighted by Crippen LogP contribution is -2.48. The van der Waals surface area contributed by atoms with Crippen molar-refractivity contribution >= 4 is 17.7 Å². The quantitative estimate of drug-likeness (QED) is 0.777. The van der Waals surface area contributed by atoms with Gasteiger partial charge in [0.15, 0.2) is 0 Å². The monoisotopic (exact) mass is 336 g/mol. The Balaban J connectivity index is 1.66. The van der Waals surface area contributed by atoms with Gasteiger partial charge >= 0.3 is 0 Å². The summed E-state index contributed by atoms with van der Waals surface area (Å²) in [6, 6.07) is 8.25. The zero-order chi connectivity index (χ0) is 16.7. The number of aryl methyl sites for hydroxylation is 1. The van der Waals surface area contributed by atoms with Gasteiger partial charge in [0, 0.05) is 31.1 Å². The molecule has 0 spiro atoms. The van der Waals surface area contributed by atoms with Gasteiger partial charge in [-0.3, -0.25) is 9.69 Å². The molecule has 1 aromatic rings. The molecule has 1 atom stereocenters. The molecule has 1 aliphatic rings. The van der Waals surface area contributed by atoms with E-state index in [4.69, 9.17) is 4.74 Å². The van der Waals surface area contributed by atoms with Crippen molar-refractivity contribution in [1.29, 1.82) is 0 Å². The first-order valence-corrected chi connectivity index (χ1v) is 9.31. The van der Waals surface area contributed by atoms with E-state index < -0.39 is 0 Å². The Morgan fingerprint density at radius 2 is 2.13 bits per heavy atom. The standard InChI is InChI=1S/C18H28N2O2S/c1-14(2)11-20-8-9-22-16(12-20)10-19-18(21)13-23-17-6-4-15(3)5-7-17/h4-7,14,16H,8-13H2,1-3H3,(H,19,21). The minimum Gasteiger partial charge on any atom is -0.374 e. The predicted octanol–water partition coefficient (Wildman–Crippen LogP) is 2.56. The number of rotatable bonds is 7. The Hall–Kier alpha value is -1.04. The van der Waals surface area contributed by atoms with E-state index in [1.54, 1.807) is 11.8 Å². The lowest BCUT2D eigenvalue weighted by Gasteiger charge is -2.33. The third-order valence-electron chi connectivity index (χ3n) is 3.76. The summed E-state index contributed by atoms with van der Waals surface area (Å²) in [6.45, 7) is 10.9. The van der Waals surface area contributed by atoms with Crippen molar-refractivity contribution in [2.45, 2.75) is 31.8 Å². The molecule has 1 aliphatic heterocycles. The number of nitrogens with zero attached hydrogens (tertiary/aromatic N) is 1. The summed E-state index contributed by atoms with van der Waals surface area (Å²) in [4.78, 5) is 15.5. The molecule has 1 fully saturated rings. The molecule has 0 aliphatic carbocycles. The number of hydrogen-bond acceptors (Lipinski definition) is 4. The molecule has 1 heterocycles. The highest BCUT2D eigenvalue weighted by Crippen LogP contribution is 2.17. The van der Waals surface area contributed by atoms with Crippen molar-refractivity contribution in [1.82, 2.24) is 10.2 Å². The Morgan fingerprint density at radius 3 is 2.83 bits per heavy atom. The van der Waals surface area contributed by atoms with Crippen LogP contribution in [-0.2, 0) is 9.53 Å². The lowest BCUT2D eigenvalue weighted by atomic mass is 10.2. The average Bonchev–Trinajstić information content (AvgIpc) is 2.52. The first-order chi connectivity index (χ1) is 11.0. The van der Waals surface area contributed by atoms with Crippen LogP contribution in [0.15, 0.2) is 29.2 Å². The van der Waals surface area contributed by atoms with Crippen molar-refractivity contribution in [3.05, 3.63) is 29.8 Å². The second-order valence-electron chi connectivity index (χ2n) is 6.55. The van der Waals surface area contributed by atoms with Crippen LogP contribution in [0.25, 0.3) is 0 Å². The van der Waals surface area contributed by atoms with E-state index in [1.165, 1.54) is 5.56 Å². The van der Waals surface area contributed by atoms with Crippen molar-refractivity contribution in [3.63, 3.8) is 0 Å². The van der Waals surface area contributed by atoms with Gasteiger partial charge in [-0.2, -0.15) is 0 Å². The van der Waals surface area contributed by atoms with E-state index in [-0.39, 0.29) is 12.0 Å². The summed E-state index contributed by atoms with van der Waals surface area (Å²) < 4.78 is 5.75. The lowest BCUT2D eigenvalue weighted by molar-refractivity contribution is -0.119. The fourth-order valence-corrected chi connectivity index (χ4v) is 3.38. The molecule has 1 aromatic carbocycles. The summed E-state index contributed by atoms with van der Waals surface area (Å²) in [7, 11) is 0. The highest BCUT2D eigenvalue weighted by molar-refractivity contribution is 8.00. The Morgan fingerprint density at radius 1 is 1.39 bits per heavy atom. The normalized spacial score (nSPS) is 19.0. The van der Waals surface area contributed by atoms with Gasteiger partial charge in [0.25, 0.3) is 0 Å². The zero-order valence-electron chi connectivity index (χ0n) is 14.4. The van der Waals surface area contributed by atoms with Crippen molar-refractivity contribution in [2.75, 3.05) is 38.5 Å². The fraction of sp³-hybridized carbons (Fsp3) is 0.611. The smallest absolute Gasteiger partial charge is 0.230 e. The van der Waals surface area contributed by atoms with Crippen molar-refractivity contribution < 1.29 is 9.53 Å². The molecule has 1 unspecified atom stereocenters. The molecule has 2 rings (SSSR count). The van der Waals surface area contributed by atoms with Crippen LogP contribution in [0.2, 0.25) is 0 Å². The SMILES string of the molecule is Cc1ccc(SCC(=O)NCC2CN(CC(C)C)CCO2)cc1. The number of carbonyl (C=O) groups excluding carboxylic acids is 1. The van der Waals surface area contributed by atoms with E-state index in [2.05, 4.69) is 55.3 Å². The van der Waals surface area contributed by atoms with E-state index in [1.807, 2.05) is 0 Å². The Labute approximate surface area is 144 Å². The summed E-state index contributed by atoms with van der Waals surface area (Å²) >= 11 is 1.57. The van der Waals surface area contributed by atoms with Crippen LogP contribution >= 0.6 is 11.8 Å². The summed E-state index contributed by atoms with van der Waals surface area (Å²) in [5.74, 6) is 1.18. The molecule has 0 aromatic heterocycles. The van der Waals surface area contributed by atoms with Gasteiger partial charge < -0.3 is 10.1 Å². The van der Waals surface area contributed by atoms with Crippen LogP contribution in [0.4, 0.5) is 0 Å². The maximum atomic E-state index is 12.0. The summed E-state index contributed by atoms with van der Waals surface area (Å²) in [6.07, 6.45) is 0.107. The second kappa shape index (κ2) is 9.30. The molecular weight excluding hydrogens is 308 g/mol. The molecule has 4 nitrogen and oxygen atoms in total. The maximum Gasteiger partial charge on any atom is 0.230 e. The maximum absolute atomic E-state index is 12.0. The molecule has 1 saturated heterocycles. The Kier molecular flexibility index (Phi) is 7.40. The van der Waals surface area contributed by atoms with Crippen molar-refractivity contribution in [3.8, 4) is 0 Å². The molecule has 128 valence electrons. The number of benzene rings is 1. The number of hydrogen-bond donors (Lipinski definition) is 1. The molecule has 1 amide bonds. The third kappa shape index (κ3) is 6.94. The van der Waals surface area contributed by atoms with Gasteiger partial charge in [-0.1, -0.05) is 31.5 Å². The third-order valence-corrected chi connectivity index (χ3v) is 4.78. The fourth-order valence-electron chi connectivity index (χ4n) is 2.65. The number of morpholine rings is 1. The van der Waals surface area contributed by atoms with E-state index in [0.717, 1.165) is 31.1 Å². The summed E-state index contributed by atoms with van der Waals surface area (Å²) in [5, 5.41) is 3.00. The highest BCUT2D eigenvalue weighted by Gasteiger charge is 2.21. The first-order valence-electron chi connectivity index (χ1n) is 8.33. The van der Waals surface area contributed by atoms with E-state index >= 15 is 0 Å². The van der Waals surface area contributed by atoms with E-state index in [9.17, 15) is 4.79 Å². The van der Waals surface area contributed by atoms with Crippen molar-refractivity contribution in [2.24, 2.45) is 5.92 Å². The number of nitrogens with one attached hydrogen (secondary N) is 1. The minimum atomic E-state index is 0.0696. The van der Waals surface area contributed by atoms with Gasteiger partial charge in [-0.05, 0) is 25.0 Å². The van der Waals surface area contributed by atoms with Crippen LogP contribution in [0.5, 0.6) is 0 Å². The van der Waals surface area contributed by atoms with Gasteiger partial charge in [0.05, 0.1) is 18.5 Å². The van der Waals surface area contributed by atoms with Crippen LogP contribution in [0.1, 0.15) is 19.4 Å². The van der Waals surface area contributed by atoms with Gasteiger partial charge in [0.2, 0.25) is 5.91 Å².